The number of piperidine rings is 1. The van der Waals surface area contributed by atoms with E-state index < -0.39 is 0 Å². The van der Waals surface area contributed by atoms with E-state index in [9.17, 15) is 9.59 Å². The maximum absolute atomic E-state index is 12.6. The molecule has 0 unspecified atom stereocenters. The summed E-state index contributed by atoms with van der Waals surface area (Å²) in [4.78, 5) is 28.4. The number of nitrogens with zero attached hydrogens (tertiary/aromatic N) is 4. The summed E-state index contributed by atoms with van der Waals surface area (Å²) in [5.74, 6) is 0.0671. The van der Waals surface area contributed by atoms with E-state index in [1.54, 1.807) is 4.90 Å². The van der Waals surface area contributed by atoms with Crippen LogP contribution >= 0.6 is 22.9 Å². The zero-order valence-electron chi connectivity index (χ0n) is 15.4. The molecule has 4 rings (SSSR count). The zero-order chi connectivity index (χ0) is 19.5. The summed E-state index contributed by atoms with van der Waals surface area (Å²) in [5, 5.41) is 13.6. The van der Waals surface area contributed by atoms with E-state index in [0.29, 0.717) is 36.2 Å². The van der Waals surface area contributed by atoms with E-state index in [0.717, 1.165) is 36.5 Å². The van der Waals surface area contributed by atoms with Crippen molar-refractivity contribution < 1.29 is 9.59 Å². The van der Waals surface area contributed by atoms with Gasteiger partial charge < -0.3 is 10.2 Å². The van der Waals surface area contributed by atoms with Crippen LogP contribution in [-0.2, 0) is 16.1 Å². The third-order valence-corrected chi connectivity index (χ3v) is 6.37. The first-order chi connectivity index (χ1) is 13.6. The monoisotopic (exact) mass is 419 g/mol. The molecule has 2 aliphatic heterocycles. The average Bonchev–Trinajstić information content (AvgIpc) is 3.35. The van der Waals surface area contributed by atoms with Crippen molar-refractivity contribution in [2.24, 2.45) is 5.92 Å². The van der Waals surface area contributed by atoms with Gasteiger partial charge in [0.2, 0.25) is 22.1 Å². The van der Waals surface area contributed by atoms with E-state index in [-0.39, 0.29) is 17.7 Å². The quantitative estimate of drug-likeness (QED) is 0.806. The molecule has 7 nitrogen and oxygen atoms in total. The third kappa shape index (κ3) is 4.28. The number of halogens is 1. The number of carbonyl (C=O) groups excluding carboxylic acids is 2. The standard InChI is InChI=1S/C19H22ClN5O2S/c20-15-6-1-4-13(10-15)11-21-17(27)14-5-2-8-24(12-14)18-22-23-19(28-18)25-9-3-7-16(25)26/h1,4,6,10,14H,2-3,5,7-9,11-12H2,(H,21,27)/t14-/m0/s1. The van der Waals surface area contributed by atoms with Crippen molar-refractivity contribution in [3.63, 3.8) is 0 Å². The molecule has 2 aromatic rings. The van der Waals surface area contributed by atoms with Gasteiger partial charge in [0.05, 0.1) is 5.92 Å². The molecule has 2 saturated heterocycles. The molecular formula is C19H22ClN5O2S. The lowest BCUT2D eigenvalue weighted by Crippen LogP contribution is -2.43. The number of anilines is 2. The van der Waals surface area contributed by atoms with E-state index in [1.165, 1.54) is 11.3 Å². The average molecular weight is 420 g/mol. The summed E-state index contributed by atoms with van der Waals surface area (Å²) >= 11 is 7.43. The first-order valence-corrected chi connectivity index (χ1v) is 10.7. The van der Waals surface area contributed by atoms with Crippen molar-refractivity contribution in [1.82, 2.24) is 15.5 Å². The topological polar surface area (TPSA) is 78.4 Å². The summed E-state index contributed by atoms with van der Waals surface area (Å²) in [6, 6.07) is 7.50. The van der Waals surface area contributed by atoms with Gasteiger partial charge in [-0.2, -0.15) is 0 Å². The van der Waals surface area contributed by atoms with Gasteiger partial charge in [-0.1, -0.05) is 35.1 Å². The van der Waals surface area contributed by atoms with E-state index in [2.05, 4.69) is 20.4 Å². The normalized spacial score (nSPS) is 19.9. The molecule has 2 aliphatic rings. The molecule has 0 aliphatic carbocycles. The van der Waals surface area contributed by atoms with Gasteiger partial charge in [0.1, 0.15) is 0 Å². The number of nitrogens with one attached hydrogen (secondary N) is 1. The van der Waals surface area contributed by atoms with Crippen molar-refractivity contribution in [2.45, 2.75) is 32.2 Å². The highest BCUT2D eigenvalue weighted by molar-refractivity contribution is 7.19. The Morgan fingerprint density at radius 2 is 2.11 bits per heavy atom. The van der Waals surface area contributed by atoms with E-state index in [1.807, 2.05) is 24.3 Å². The van der Waals surface area contributed by atoms with Crippen LogP contribution < -0.4 is 15.1 Å². The number of amides is 2. The fraction of sp³-hybridized carbons (Fsp3) is 0.474. The summed E-state index contributed by atoms with van der Waals surface area (Å²) in [7, 11) is 0. The number of hydrogen-bond acceptors (Lipinski definition) is 6. The van der Waals surface area contributed by atoms with Gasteiger partial charge in [-0.25, -0.2) is 0 Å². The van der Waals surface area contributed by atoms with Crippen molar-refractivity contribution in [1.29, 1.82) is 0 Å². The largest absolute Gasteiger partial charge is 0.352 e. The van der Waals surface area contributed by atoms with Crippen molar-refractivity contribution in [3.8, 4) is 0 Å². The summed E-state index contributed by atoms with van der Waals surface area (Å²) in [5.41, 5.74) is 0.984. The van der Waals surface area contributed by atoms with Gasteiger partial charge in [0.25, 0.3) is 0 Å². The number of benzene rings is 1. The minimum atomic E-state index is -0.0892. The first-order valence-electron chi connectivity index (χ1n) is 9.51. The maximum atomic E-state index is 12.6. The Morgan fingerprint density at radius 1 is 1.25 bits per heavy atom. The number of hydrogen-bond donors (Lipinski definition) is 1. The van der Waals surface area contributed by atoms with Crippen LogP contribution in [-0.4, -0.2) is 41.6 Å². The Hall–Kier alpha value is -2.19. The lowest BCUT2D eigenvalue weighted by atomic mass is 9.97. The van der Waals surface area contributed by atoms with Crippen LogP contribution in [0.25, 0.3) is 0 Å². The minimum absolute atomic E-state index is 0.0455. The van der Waals surface area contributed by atoms with Crippen LogP contribution in [0.2, 0.25) is 5.02 Å². The second-order valence-corrected chi connectivity index (χ2v) is 8.52. The Labute approximate surface area is 172 Å². The Balaban J connectivity index is 1.35. The molecule has 0 radical (unpaired) electrons. The van der Waals surface area contributed by atoms with Crippen LogP contribution in [0.3, 0.4) is 0 Å². The van der Waals surface area contributed by atoms with Crippen LogP contribution in [0, 0.1) is 5.92 Å². The summed E-state index contributed by atoms with van der Waals surface area (Å²) < 4.78 is 0. The van der Waals surface area contributed by atoms with Crippen LogP contribution in [0.15, 0.2) is 24.3 Å². The fourth-order valence-corrected chi connectivity index (χ4v) is 4.78. The molecule has 3 heterocycles. The molecule has 1 aromatic heterocycles. The van der Waals surface area contributed by atoms with Gasteiger partial charge in [-0.05, 0) is 37.0 Å². The third-order valence-electron chi connectivity index (χ3n) is 5.13. The van der Waals surface area contributed by atoms with E-state index in [4.69, 9.17) is 11.6 Å². The Morgan fingerprint density at radius 3 is 2.89 bits per heavy atom. The van der Waals surface area contributed by atoms with Gasteiger partial charge in [0, 0.05) is 37.6 Å². The molecule has 148 valence electrons. The highest BCUT2D eigenvalue weighted by atomic mass is 35.5. The van der Waals surface area contributed by atoms with Gasteiger partial charge >= 0.3 is 0 Å². The van der Waals surface area contributed by atoms with Crippen LogP contribution in [0.5, 0.6) is 0 Å². The smallest absolute Gasteiger partial charge is 0.228 e. The van der Waals surface area contributed by atoms with Crippen LogP contribution in [0.1, 0.15) is 31.2 Å². The van der Waals surface area contributed by atoms with Gasteiger partial charge in [-0.15, -0.1) is 10.2 Å². The van der Waals surface area contributed by atoms with Crippen molar-refractivity contribution >= 4 is 45.0 Å². The number of carbonyl (C=O) groups is 2. The Bertz CT molecular complexity index is 874. The number of rotatable bonds is 5. The molecule has 2 fully saturated rings. The molecule has 1 N–H and O–H groups in total. The predicted octanol–water partition coefficient (Wildman–Crippen LogP) is 2.85. The molecule has 0 spiro atoms. The van der Waals surface area contributed by atoms with Crippen molar-refractivity contribution in [3.05, 3.63) is 34.9 Å². The van der Waals surface area contributed by atoms with Crippen molar-refractivity contribution in [2.75, 3.05) is 29.4 Å². The zero-order valence-corrected chi connectivity index (χ0v) is 17.0. The SMILES string of the molecule is O=C(NCc1cccc(Cl)c1)[C@H]1CCCN(c2nnc(N3CCCC3=O)s2)C1. The molecule has 2 amide bonds. The highest BCUT2D eigenvalue weighted by Gasteiger charge is 2.29. The second kappa shape index (κ2) is 8.45. The molecule has 1 aromatic carbocycles. The molecule has 0 saturated carbocycles. The molecule has 0 bridgehead atoms. The molecule has 9 heteroatoms. The lowest BCUT2D eigenvalue weighted by Gasteiger charge is -2.31. The fourth-order valence-electron chi connectivity index (χ4n) is 3.64. The number of aromatic nitrogens is 2. The Kier molecular flexibility index (Phi) is 5.77. The molecular weight excluding hydrogens is 398 g/mol. The minimum Gasteiger partial charge on any atom is -0.352 e. The van der Waals surface area contributed by atoms with Crippen LogP contribution in [0.4, 0.5) is 10.3 Å². The lowest BCUT2D eigenvalue weighted by molar-refractivity contribution is -0.125. The summed E-state index contributed by atoms with van der Waals surface area (Å²) in [6.07, 6.45) is 3.22. The molecule has 28 heavy (non-hydrogen) atoms. The predicted molar refractivity (Wildman–Crippen MR) is 110 cm³/mol. The summed E-state index contributed by atoms with van der Waals surface area (Å²) in [6.45, 7) is 2.64. The molecule has 1 atom stereocenters. The first kappa shape index (κ1) is 19.1. The maximum Gasteiger partial charge on any atom is 0.228 e. The van der Waals surface area contributed by atoms with Gasteiger partial charge in [-0.3, -0.25) is 14.5 Å². The highest BCUT2D eigenvalue weighted by Crippen LogP contribution is 2.32. The van der Waals surface area contributed by atoms with Gasteiger partial charge in [0.15, 0.2) is 0 Å². The van der Waals surface area contributed by atoms with E-state index >= 15 is 0 Å². The second-order valence-electron chi connectivity index (χ2n) is 7.15.